The summed E-state index contributed by atoms with van der Waals surface area (Å²) in [5.41, 5.74) is 2.71. The fourth-order valence-corrected chi connectivity index (χ4v) is 2.93. The zero-order valence-corrected chi connectivity index (χ0v) is 13.6. The van der Waals surface area contributed by atoms with Crippen LogP contribution in [0.4, 0.5) is 4.79 Å². The summed E-state index contributed by atoms with van der Waals surface area (Å²) in [6.07, 6.45) is 1.97. The molecule has 0 radical (unpaired) electrons. The van der Waals surface area contributed by atoms with Crippen LogP contribution >= 0.6 is 0 Å². The van der Waals surface area contributed by atoms with Crippen molar-refractivity contribution in [1.82, 2.24) is 15.5 Å². The number of β-amino-alcohol motifs (C(OH)–C–C–N with tert-alkyl or cyclic N) is 1. The molecule has 2 heterocycles. The van der Waals surface area contributed by atoms with Gasteiger partial charge in [-0.1, -0.05) is 24.3 Å². The molecule has 0 fully saturated rings. The Balaban J connectivity index is 1.37. The first kappa shape index (κ1) is 16.5. The number of aliphatic hydroxyl groups is 1. The average molecular weight is 329 g/mol. The number of nitrogens with one attached hydrogen (secondary N) is 2. The monoisotopic (exact) mass is 329 g/mol. The van der Waals surface area contributed by atoms with Gasteiger partial charge in [-0.05, 0) is 29.7 Å². The van der Waals surface area contributed by atoms with Crippen LogP contribution < -0.4 is 10.6 Å². The zero-order valence-electron chi connectivity index (χ0n) is 13.6. The highest BCUT2D eigenvalue weighted by atomic mass is 16.3. The van der Waals surface area contributed by atoms with Crippen molar-refractivity contribution in [3.63, 3.8) is 0 Å². The van der Waals surface area contributed by atoms with E-state index in [0.717, 1.165) is 19.5 Å². The minimum Gasteiger partial charge on any atom is -0.467 e. The molecule has 6 nitrogen and oxygen atoms in total. The largest absolute Gasteiger partial charge is 0.467 e. The zero-order chi connectivity index (χ0) is 16.8. The Morgan fingerprint density at radius 1 is 1.21 bits per heavy atom. The average Bonchev–Trinajstić information content (AvgIpc) is 3.11. The van der Waals surface area contributed by atoms with Crippen LogP contribution in [-0.4, -0.2) is 41.8 Å². The van der Waals surface area contributed by atoms with Crippen molar-refractivity contribution >= 4 is 6.03 Å². The van der Waals surface area contributed by atoms with Crippen LogP contribution in [0.3, 0.4) is 0 Å². The van der Waals surface area contributed by atoms with Crippen LogP contribution in [0, 0.1) is 0 Å². The number of urea groups is 1. The third-order valence-electron chi connectivity index (χ3n) is 4.18. The molecule has 6 heteroatoms. The van der Waals surface area contributed by atoms with Gasteiger partial charge in [0.2, 0.25) is 0 Å². The van der Waals surface area contributed by atoms with Crippen LogP contribution in [0.2, 0.25) is 0 Å². The first-order chi connectivity index (χ1) is 11.7. The van der Waals surface area contributed by atoms with E-state index in [0.29, 0.717) is 18.8 Å². The Hall–Kier alpha value is -2.31. The molecule has 1 aromatic carbocycles. The van der Waals surface area contributed by atoms with Crippen LogP contribution in [0.1, 0.15) is 16.9 Å². The number of furan rings is 1. The van der Waals surface area contributed by atoms with Crippen molar-refractivity contribution in [3.05, 3.63) is 59.5 Å². The Bertz CT molecular complexity index is 657. The SMILES string of the molecule is O=C(NCc1ccco1)NC[C@H](O)CN1CCc2ccccc2C1. The molecule has 3 N–H and O–H groups in total. The summed E-state index contributed by atoms with van der Waals surface area (Å²) in [7, 11) is 0. The van der Waals surface area contributed by atoms with E-state index in [1.165, 1.54) is 11.1 Å². The lowest BCUT2D eigenvalue weighted by Crippen LogP contribution is -2.44. The summed E-state index contributed by atoms with van der Waals surface area (Å²) < 4.78 is 5.14. The highest BCUT2D eigenvalue weighted by molar-refractivity contribution is 5.73. The highest BCUT2D eigenvalue weighted by Crippen LogP contribution is 2.18. The van der Waals surface area contributed by atoms with Gasteiger partial charge >= 0.3 is 6.03 Å². The van der Waals surface area contributed by atoms with E-state index in [2.05, 4.69) is 33.7 Å². The fourth-order valence-electron chi connectivity index (χ4n) is 2.93. The molecule has 2 amide bonds. The molecule has 3 rings (SSSR count). The van der Waals surface area contributed by atoms with Gasteiger partial charge in [0.25, 0.3) is 0 Å². The number of fused-ring (bicyclic) bond motifs is 1. The lowest BCUT2D eigenvalue weighted by atomic mass is 10.00. The van der Waals surface area contributed by atoms with Gasteiger partial charge in [-0.25, -0.2) is 4.79 Å². The first-order valence-electron chi connectivity index (χ1n) is 8.22. The molecule has 0 aliphatic carbocycles. The van der Waals surface area contributed by atoms with Crippen molar-refractivity contribution in [2.45, 2.75) is 25.6 Å². The van der Waals surface area contributed by atoms with E-state index in [1.54, 1.807) is 18.4 Å². The Morgan fingerprint density at radius 3 is 2.83 bits per heavy atom. The lowest BCUT2D eigenvalue weighted by molar-refractivity contribution is 0.105. The van der Waals surface area contributed by atoms with E-state index in [1.807, 2.05) is 6.07 Å². The van der Waals surface area contributed by atoms with E-state index in [-0.39, 0.29) is 12.6 Å². The van der Waals surface area contributed by atoms with Crippen LogP contribution in [-0.2, 0) is 19.5 Å². The Labute approximate surface area is 141 Å². The number of aliphatic hydroxyl groups excluding tert-OH is 1. The van der Waals surface area contributed by atoms with E-state index < -0.39 is 6.10 Å². The maximum atomic E-state index is 11.7. The summed E-state index contributed by atoms with van der Waals surface area (Å²) in [5, 5.41) is 15.5. The van der Waals surface area contributed by atoms with Crippen molar-refractivity contribution in [2.75, 3.05) is 19.6 Å². The topological polar surface area (TPSA) is 77.7 Å². The molecule has 0 saturated carbocycles. The molecule has 24 heavy (non-hydrogen) atoms. The van der Waals surface area contributed by atoms with Crippen molar-refractivity contribution < 1.29 is 14.3 Å². The summed E-state index contributed by atoms with van der Waals surface area (Å²) in [6, 6.07) is 11.7. The molecule has 0 bridgehead atoms. The van der Waals surface area contributed by atoms with Crippen molar-refractivity contribution in [3.8, 4) is 0 Å². The van der Waals surface area contributed by atoms with Gasteiger partial charge in [0.1, 0.15) is 5.76 Å². The molecule has 0 unspecified atom stereocenters. The third kappa shape index (κ3) is 4.59. The third-order valence-corrected chi connectivity index (χ3v) is 4.18. The molecular weight excluding hydrogens is 306 g/mol. The summed E-state index contributed by atoms with van der Waals surface area (Å²) in [4.78, 5) is 13.9. The number of benzene rings is 1. The molecule has 2 aromatic rings. The number of rotatable bonds is 6. The Morgan fingerprint density at radius 2 is 2.04 bits per heavy atom. The minimum absolute atomic E-state index is 0.224. The van der Waals surface area contributed by atoms with Gasteiger partial charge in [0.05, 0.1) is 18.9 Å². The standard InChI is InChI=1S/C18H23N3O3/c22-16(10-19-18(23)20-11-17-6-3-9-24-17)13-21-8-7-14-4-1-2-5-15(14)12-21/h1-6,9,16,22H,7-8,10-13H2,(H2,19,20,23)/t16-/m0/s1. The number of carbonyl (C=O) groups excluding carboxylic acids is 1. The smallest absolute Gasteiger partial charge is 0.315 e. The number of hydrogen-bond donors (Lipinski definition) is 3. The molecule has 1 aliphatic rings. The van der Waals surface area contributed by atoms with E-state index in [9.17, 15) is 9.90 Å². The maximum absolute atomic E-state index is 11.7. The van der Waals surface area contributed by atoms with Gasteiger partial charge in [-0.15, -0.1) is 0 Å². The van der Waals surface area contributed by atoms with Gasteiger partial charge in [-0.3, -0.25) is 4.90 Å². The Kier molecular flexibility index (Phi) is 5.51. The molecule has 1 atom stereocenters. The minimum atomic E-state index is -0.593. The van der Waals surface area contributed by atoms with Crippen LogP contribution in [0.15, 0.2) is 47.1 Å². The number of carbonyl (C=O) groups is 1. The lowest BCUT2D eigenvalue weighted by Gasteiger charge is -2.30. The normalized spacial score (nSPS) is 15.5. The van der Waals surface area contributed by atoms with Crippen LogP contribution in [0.5, 0.6) is 0 Å². The summed E-state index contributed by atoms with van der Waals surface area (Å²) in [5.74, 6) is 0.692. The maximum Gasteiger partial charge on any atom is 0.315 e. The van der Waals surface area contributed by atoms with Gasteiger partial charge < -0.3 is 20.2 Å². The predicted molar refractivity (Wildman–Crippen MR) is 90.4 cm³/mol. The molecule has 1 aromatic heterocycles. The first-order valence-corrected chi connectivity index (χ1v) is 8.22. The van der Waals surface area contributed by atoms with Gasteiger partial charge in [-0.2, -0.15) is 0 Å². The van der Waals surface area contributed by atoms with Gasteiger partial charge in [0.15, 0.2) is 0 Å². The second kappa shape index (κ2) is 7.99. The van der Waals surface area contributed by atoms with Crippen LogP contribution in [0.25, 0.3) is 0 Å². The summed E-state index contributed by atoms with van der Waals surface area (Å²) >= 11 is 0. The summed E-state index contributed by atoms with van der Waals surface area (Å²) in [6.45, 7) is 2.88. The second-order valence-electron chi connectivity index (χ2n) is 6.05. The molecule has 1 aliphatic heterocycles. The quantitative estimate of drug-likeness (QED) is 0.750. The van der Waals surface area contributed by atoms with E-state index >= 15 is 0 Å². The molecule has 0 saturated heterocycles. The second-order valence-corrected chi connectivity index (χ2v) is 6.05. The fraction of sp³-hybridized carbons (Fsp3) is 0.389. The predicted octanol–water partition coefficient (Wildman–Crippen LogP) is 1.50. The molecular formula is C18H23N3O3. The molecule has 0 spiro atoms. The number of nitrogens with zero attached hydrogens (tertiary/aromatic N) is 1. The number of amides is 2. The van der Waals surface area contributed by atoms with E-state index in [4.69, 9.17) is 4.42 Å². The molecule has 128 valence electrons. The van der Waals surface area contributed by atoms with Gasteiger partial charge in [0, 0.05) is 26.2 Å². The van der Waals surface area contributed by atoms with Crippen molar-refractivity contribution in [1.29, 1.82) is 0 Å². The number of hydrogen-bond acceptors (Lipinski definition) is 4. The highest BCUT2D eigenvalue weighted by Gasteiger charge is 2.18. The van der Waals surface area contributed by atoms with Crippen molar-refractivity contribution in [2.24, 2.45) is 0 Å².